The molecule has 6 heteroatoms. The average molecular weight is 424 g/mol. The van der Waals surface area contributed by atoms with Gasteiger partial charge in [-0.05, 0) is 29.2 Å². The zero-order valence-electron chi connectivity index (χ0n) is 17.6. The molecule has 0 aromatic heterocycles. The van der Waals surface area contributed by atoms with Crippen LogP contribution in [-0.4, -0.2) is 53.0 Å². The maximum absolute atomic E-state index is 12.8. The van der Waals surface area contributed by atoms with Crippen molar-refractivity contribution < 1.29 is 9.59 Å². The van der Waals surface area contributed by atoms with Gasteiger partial charge in [0.2, 0.25) is 11.8 Å². The number of carbonyl (C=O) groups excluding carboxylic acids is 2. The van der Waals surface area contributed by atoms with Crippen LogP contribution in [0.5, 0.6) is 0 Å². The molecule has 2 aliphatic rings. The molecule has 2 heterocycles. The molecular weight excluding hydrogens is 394 g/mol. The summed E-state index contributed by atoms with van der Waals surface area (Å²) in [4.78, 5) is 30.5. The van der Waals surface area contributed by atoms with E-state index in [2.05, 4.69) is 48.3 Å². The molecule has 2 aromatic rings. The Hall–Kier alpha value is -2.31. The number of benzene rings is 2. The fourth-order valence-corrected chi connectivity index (χ4v) is 5.04. The Bertz CT molecular complexity index is 905. The first-order valence-electron chi connectivity index (χ1n) is 10.6. The molecule has 1 saturated heterocycles. The molecule has 1 atom stereocenters. The summed E-state index contributed by atoms with van der Waals surface area (Å²) in [5.41, 5.74) is 3.51. The van der Waals surface area contributed by atoms with E-state index < -0.39 is 0 Å². The molecule has 2 aromatic carbocycles. The van der Waals surface area contributed by atoms with Crippen molar-refractivity contribution in [1.82, 2.24) is 9.80 Å². The van der Waals surface area contributed by atoms with E-state index in [0.717, 1.165) is 43.3 Å². The highest BCUT2D eigenvalue weighted by Gasteiger charge is 2.31. The summed E-state index contributed by atoms with van der Waals surface area (Å²) in [6.45, 7) is 8.50. The largest absolute Gasteiger partial charge is 0.340 e. The van der Waals surface area contributed by atoms with Gasteiger partial charge in [-0.1, -0.05) is 50.2 Å². The molecule has 0 unspecified atom stereocenters. The maximum Gasteiger partial charge on any atom is 0.238 e. The highest BCUT2D eigenvalue weighted by molar-refractivity contribution is 8.01. The van der Waals surface area contributed by atoms with Crippen LogP contribution < -0.4 is 5.32 Å². The fourth-order valence-electron chi connectivity index (χ4n) is 3.94. The highest BCUT2D eigenvalue weighted by Crippen LogP contribution is 2.36. The SMILES string of the molecule is CC(C)c1ccc(CN2CCN(C(=O)C[C@H]3Sc4ccccc4NC3=O)CC2)cc1. The predicted molar refractivity (Wildman–Crippen MR) is 122 cm³/mol. The van der Waals surface area contributed by atoms with Crippen molar-refractivity contribution in [1.29, 1.82) is 0 Å². The van der Waals surface area contributed by atoms with E-state index in [1.54, 1.807) is 0 Å². The van der Waals surface area contributed by atoms with E-state index in [1.165, 1.54) is 22.9 Å². The van der Waals surface area contributed by atoms with Gasteiger partial charge in [0.15, 0.2) is 0 Å². The molecule has 2 aliphatic heterocycles. The van der Waals surface area contributed by atoms with E-state index >= 15 is 0 Å². The highest BCUT2D eigenvalue weighted by atomic mass is 32.2. The number of hydrogen-bond acceptors (Lipinski definition) is 4. The van der Waals surface area contributed by atoms with Crippen LogP contribution in [0.1, 0.15) is 37.3 Å². The number of carbonyl (C=O) groups is 2. The van der Waals surface area contributed by atoms with E-state index in [-0.39, 0.29) is 23.5 Å². The first-order valence-corrected chi connectivity index (χ1v) is 11.5. The minimum absolute atomic E-state index is 0.0722. The Kier molecular flexibility index (Phi) is 6.44. The van der Waals surface area contributed by atoms with Gasteiger partial charge in [-0.15, -0.1) is 11.8 Å². The van der Waals surface area contributed by atoms with Crippen molar-refractivity contribution in [2.75, 3.05) is 31.5 Å². The molecule has 0 radical (unpaired) electrons. The maximum atomic E-state index is 12.8. The zero-order valence-corrected chi connectivity index (χ0v) is 18.5. The van der Waals surface area contributed by atoms with Gasteiger partial charge in [0.1, 0.15) is 0 Å². The molecule has 1 N–H and O–H groups in total. The monoisotopic (exact) mass is 423 g/mol. The number of amides is 2. The first-order chi connectivity index (χ1) is 14.5. The van der Waals surface area contributed by atoms with Crippen LogP contribution in [0.2, 0.25) is 0 Å². The lowest BCUT2D eigenvalue weighted by Crippen LogP contribution is -2.49. The Morgan fingerprint density at radius 1 is 1.07 bits per heavy atom. The molecule has 4 rings (SSSR count). The Morgan fingerprint density at radius 2 is 1.77 bits per heavy atom. The predicted octanol–water partition coefficient (Wildman–Crippen LogP) is 3.96. The summed E-state index contributed by atoms with van der Waals surface area (Å²) in [5.74, 6) is 0.546. The molecule has 5 nitrogen and oxygen atoms in total. The smallest absolute Gasteiger partial charge is 0.238 e. The minimum Gasteiger partial charge on any atom is -0.340 e. The molecule has 0 spiro atoms. The Labute approximate surface area is 182 Å². The summed E-state index contributed by atoms with van der Waals surface area (Å²) in [6, 6.07) is 16.6. The molecule has 0 aliphatic carbocycles. The topological polar surface area (TPSA) is 52.6 Å². The molecule has 0 saturated carbocycles. The minimum atomic E-state index is -0.357. The summed E-state index contributed by atoms with van der Waals surface area (Å²) in [6.07, 6.45) is 0.251. The second-order valence-electron chi connectivity index (χ2n) is 8.35. The molecule has 2 amide bonds. The van der Waals surface area contributed by atoms with Crippen molar-refractivity contribution in [3.05, 3.63) is 59.7 Å². The van der Waals surface area contributed by atoms with Crippen LogP contribution in [0.4, 0.5) is 5.69 Å². The third-order valence-corrected chi connectivity index (χ3v) is 7.12. The second-order valence-corrected chi connectivity index (χ2v) is 9.59. The lowest BCUT2D eigenvalue weighted by molar-refractivity contribution is -0.134. The van der Waals surface area contributed by atoms with Crippen molar-refractivity contribution in [3.63, 3.8) is 0 Å². The number of anilines is 1. The summed E-state index contributed by atoms with van der Waals surface area (Å²) >= 11 is 1.49. The van der Waals surface area contributed by atoms with Crippen LogP contribution in [0.3, 0.4) is 0 Å². The van der Waals surface area contributed by atoms with E-state index in [0.29, 0.717) is 5.92 Å². The van der Waals surface area contributed by atoms with E-state index in [4.69, 9.17) is 0 Å². The van der Waals surface area contributed by atoms with Gasteiger partial charge in [0.25, 0.3) is 0 Å². The van der Waals surface area contributed by atoms with Crippen molar-refractivity contribution in [2.24, 2.45) is 0 Å². The van der Waals surface area contributed by atoms with Crippen LogP contribution in [0.25, 0.3) is 0 Å². The molecule has 30 heavy (non-hydrogen) atoms. The van der Waals surface area contributed by atoms with Gasteiger partial charge in [-0.2, -0.15) is 0 Å². The number of fused-ring (bicyclic) bond motifs is 1. The summed E-state index contributed by atoms with van der Waals surface area (Å²) < 4.78 is 0. The summed E-state index contributed by atoms with van der Waals surface area (Å²) in [7, 11) is 0. The normalized spacial score (nSPS) is 19.5. The number of nitrogens with one attached hydrogen (secondary N) is 1. The van der Waals surface area contributed by atoms with Gasteiger partial charge < -0.3 is 10.2 Å². The third kappa shape index (κ3) is 4.87. The van der Waals surface area contributed by atoms with Crippen molar-refractivity contribution >= 4 is 29.3 Å². The van der Waals surface area contributed by atoms with Crippen LogP contribution in [-0.2, 0) is 16.1 Å². The zero-order chi connectivity index (χ0) is 21.1. The van der Waals surface area contributed by atoms with Gasteiger partial charge in [-0.3, -0.25) is 14.5 Å². The van der Waals surface area contributed by atoms with Gasteiger partial charge in [0, 0.05) is 44.0 Å². The van der Waals surface area contributed by atoms with E-state index in [1.807, 2.05) is 29.2 Å². The number of thioether (sulfide) groups is 1. The first kappa shape index (κ1) is 20.9. The van der Waals surface area contributed by atoms with E-state index in [9.17, 15) is 9.59 Å². The van der Waals surface area contributed by atoms with Crippen LogP contribution in [0, 0.1) is 0 Å². The van der Waals surface area contributed by atoms with Gasteiger partial charge in [-0.25, -0.2) is 0 Å². The fraction of sp³-hybridized carbons (Fsp3) is 0.417. The number of para-hydroxylation sites is 1. The quantitative estimate of drug-likeness (QED) is 0.791. The molecule has 158 valence electrons. The van der Waals surface area contributed by atoms with Crippen molar-refractivity contribution in [3.8, 4) is 0 Å². The van der Waals surface area contributed by atoms with Gasteiger partial charge >= 0.3 is 0 Å². The number of hydrogen-bond donors (Lipinski definition) is 1. The number of nitrogens with zero attached hydrogens (tertiary/aromatic N) is 2. The van der Waals surface area contributed by atoms with Gasteiger partial charge in [0.05, 0.1) is 10.9 Å². The Balaban J connectivity index is 1.27. The molecule has 0 bridgehead atoms. The lowest BCUT2D eigenvalue weighted by atomic mass is 10.0. The molecule has 1 fully saturated rings. The Morgan fingerprint density at radius 3 is 2.47 bits per heavy atom. The van der Waals surface area contributed by atoms with Crippen molar-refractivity contribution in [2.45, 2.75) is 42.9 Å². The number of piperazine rings is 1. The standard InChI is InChI=1S/C24H29N3O2S/c1-17(2)19-9-7-18(8-10-19)16-26-11-13-27(14-12-26)23(28)15-22-24(29)25-20-5-3-4-6-21(20)30-22/h3-10,17,22H,11-16H2,1-2H3,(H,25,29)/t22-/m1/s1. The lowest BCUT2D eigenvalue weighted by Gasteiger charge is -2.35. The molecular formula is C24H29N3O2S. The van der Waals surface area contributed by atoms with Crippen LogP contribution >= 0.6 is 11.8 Å². The number of rotatable bonds is 5. The third-order valence-electron chi connectivity index (χ3n) is 5.84. The van der Waals surface area contributed by atoms with Crippen LogP contribution in [0.15, 0.2) is 53.4 Å². The summed E-state index contributed by atoms with van der Waals surface area (Å²) in [5, 5.41) is 2.57. The second kappa shape index (κ2) is 9.23. The average Bonchev–Trinajstić information content (AvgIpc) is 2.75.